The number of nitrogens with zero attached hydrogens (tertiary/aromatic N) is 1. The van der Waals surface area contributed by atoms with Gasteiger partial charge in [0.25, 0.3) is 0 Å². The first-order chi connectivity index (χ1) is 7.08. The van der Waals surface area contributed by atoms with E-state index in [-0.39, 0.29) is 11.9 Å². The van der Waals surface area contributed by atoms with Gasteiger partial charge in [-0.1, -0.05) is 0 Å². The Morgan fingerprint density at radius 3 is 3.00 bits per heavy atom. The van der Waals surface area contributed by atoms with Crippen LogP contribution in [0.4, 0.5) is 0 Å². The number of piperidine rings is 1. The largest absolute Gasteiger partial charge is 0.356 e. The molecular formula is C11H23N3O. The van der Waals surface area contributed by atoms with Gasteiger partial charge in [-0.15, -0.1) is 0 Å². The van der Waals surface area contributed by atoms with E-state index in [1.165, 1.54) is 12.8 Å². The molecule has 15 heavy (non-hydrogen) atoms. The Morgan fingerprint density at radius 1 is 1.67 bits per heavy atom. The van der Waals surface area contributed by atoms with E-state index in [0.717, 1.165) is 26.2 Å². The van der Waals surface area contributed by atoms with Crippen LogP contribution < -0.4 is 11.1 Å². The van der Waals surface area contributed by atoms with Crippen molar-refractivity contribution in [3.8, 4) is 0 Å². The van der Waals surface area contributed by atoms with Crippen LogP contribution in [0.3, 0.4) is 0 Å². The molecule has 3 N–H and O–H groups in total. The Kier molecular flexibility index (Phi) is 5.05. The number of likely N-dealkylation sites (tertiary alicyclic amines) is 1. The molecule has 2 atom stereocenters. The molecule has 2 unspecified atom stereocenters. The van der Waals surface area contributed by atoms with E-state index in [1.54, 1.807) is 6.92 Å². The lowest BCUT2D eigenvalue weighted by Gasteiger charge is -2.33. The summed E-state index contributed by atoms with van der Waals surface area (Å²) in [4.78, 5) is 13.2. The van der Waals surface area contributed by atoms with Crippen molar-refractivity contribution in [2.75, 3.05) is 26.2 Å². The second-order valence-electron chi connectivity index (χ2n) is 4.68. The van der Waals surface area contributed by atoms with E-state index < -0.39 is 0 Å². The number of hydrogen-bond acceptors (Lipinski definition) is 3. The third-order valence-electron chi connectivity index (χ3n) is 2.79. The Hall–Kier alpha value is -0.610. The van der Waals surface area contributed by atoms with Crippen molar-refractivity contribution in [3.05, 3.63) is 0 Å². The highest BCUT2D eigenvalue weighted by Crippen LogP contribution is 2.15. The lowest BCUT2D eigenvalue weighted by Crippen LogP contribution is -2.44. The van der Waals surface area contributed by atoms with Gasteiger partial charge < -0.3 is 16.0 Å². The van der Waals surface area contributed by atoms with Gasteiger partial charge >= 0.3 is 0 Å². The Bertz CT molecular complexity index is 206. The summed E-state index contributed by atoms with van der Waals surface area (Å²) in [5.74, 6) is 0.667. The van der Waals surface area contributed by atoms with E-state index in [0.29, 0.717) is 5.92 Å². The monoisotopic (exact) mass is 213 g/mol. The summed E-state index contributed by atoms with van der Waals surface area (Å²) in [6.45, 7) is 7.61. The number of nitrogens with one attached hydrogen (secondary N) is 1. The van der Waals surface area contributed by atoms with Crippen LogP contribution in [0.25, 0.3) is 0 Å². The molecule has 0 spiro atoms. The number of rotatable bonds is 4. The number of amides is 1. The summed E-state index contributed by atoms with van der Waals surface area (Å²) >= 11 is 0. The molecule has 4 heteroatoms. The molecule has 1 fully saturated rings. The van der Waals surface area contributed by atoms with Gasteiger partial charge in [0, 0.05) is 32.6 Å². The second-order valence-corrected chi connectivity index (χ2v) is 4.68. The summed E-state index contributed by atoms with van der Waals surface area (Å²) in [6.07, 6.45) is 2.44. The predicted molar refractivity (Wildman–Crippen MR) is 61.5 cm³/mol. The molecule has 0 saturated carbocycles. The fraction of sp³-hybridized carbons (Fsp3) is 0.909. The van der Waals surface area contributed by atoms with Crippen molar-refractivity contribution in [3.63, 3.8) is 0 Å². The normalized spacial score (nSPS) is 24.9. The topological polar surface area (TPSA) is 58.4 Å². The quantitative estimate of drug-likeness (QED) is 0.700. The number of nitrogens with two attached hydrogens (primary N) is 1. The fourth-order valence-corrected chi connectivity index (χ4v) is 2.18. The molecule has 0 radical (unpaired) electrons. The molecule has 0 aliphatic carbocycles. The van der Waals surface area contributed by atoms with Crippen LogP contribution in [-0.4, -0.2) is 43.0 Å². The molecule has 0 aromatic heterocycles. The van der Waals surface area contributed by atoms with Crippen molar-refractivity contribution < 1.29 is 4.79 Å². The van der Waals surface area contributed by atoms with E-state index in [2.05, 4.69) is 10.2 Å². The zero-order chi connectivity index (χ0) is 11.3. The van der Waals surface area contributed by atoms with Gasteiger partial charge in [0.2, 0.25) is 5.91 Å². The molecular weight excluding hydrogens is 190 g/mol. The van der Waals surface area contributed by atoms with Crippen LogP contribution >= 0.6 is 0 Å². The molecule has 0 aromatic rings. The smallest absolute Gasteiger partial charge is 0.216 e. The van der Waals surface area contributed by atoms with Crippen LogP contribution in [0.5, 0.6) is 0 Å². The second kappa shape index (κ2) is 6.08. The lowest BCUT2D eigenvalue weighted by atomic mass is 9.97. The number of carbonyl (C=O) groups is 1. The molecule has 1 heterocycles. The van der Waals surface area contributed by atoms with Crippen molar-refractivity contribution in [1.29, 1.82) is 0 Å². The third-order valence-corrected chi connectivity index (χ3v) is 2.79. The highest BCUT2D eigenvalue weighted by molar-refractivity contribution is 5.72. The first-order valence-corrected chi connectivity index (χ1v) is 5.80. The standard InChI is InChI=1S/C11H23N3O/c1-9(12)7-14-5-3-4-11(8-14)6-13-10(2)15/h9,11H,3-8,12H2,1-2H3,(H,13,15). The SMILES string of the molecule is CC(=O)NCC1CCCN(CC(C)N)C1. The predicted octanol–water partition coefficient (Wildman–Crippen LogP) is 0.182. The van der Waals surface area contributed by atoms with Gasteiger partial charge in [0.15, 0.2) is 0 Å². The molecule has 1 aliphatic rings. The van der Waals surface area contributed by atoms with Gasteiger partial charge in [-0.05, 0) is 32.2 Å². The maximum Gasteiger partial charge on any atom is 0.216 e. The van der Waals surface area contributed by atoms with E-state index >= 15 is 0 Å². The lowest BCUT2D eigenvalue weighted by molar-refractivity contribution is -0.119. The van der Waals surface area contributed by atoms with Gasteiger partial charge in [0.1, 0.15) is 0 Å². The van der Waals surface area contributed by atoms with Gasteiger partial charge in [-0.3, -0.25) is 4.79 Å². The summed E-state index contributed by atoms with van der Waals surface area (Å²) in [5.41, 5.74) is 5.78. The summed E-state index contributed by atoms with van der Waals surface area (Å²) in [7, 11) is 0. The summed E-state index contributed by atoms with van der Waals surface area (Å²) in [6, 6.07) is 0.240. The molecule has 88 valence electrons. The van der Waals surface area contributed by atoms with Crippen molar-refractivity contribution >= 4 is 5.91 Å². The van der Waals surface area contributed by atoms with Crippen molar-refractivity contribution in [1.82, 2.24) is 10.2 Å². The van der Waals surface area contributed by atoms with Crippen LogP contribution in [0, 0.1) is 5.92 Å². The first-order valence-electron chi connectivity index (χ1n) is 5.80. The average Bonchev–Trinajstić information content (AvgIpc) is 2.14. The molecule has 1 aliphatic heterocycles. The highest BCUT2D eigenvalue weighted by atomic mass is 16.1. The Balaban J connectivity index is 2.25. The van der Waals surface area contributed by atoms with Crippen LogP contribution in [0.15, 0.2) is 0 Å². The Labute approximate surface area is 92.2 Å². The molecule has 1 saturated heterocycles. The molecule has 0 aromatic carbocycles. The maximum absolute atomic E-state index is 10.8. The van der Waals surface area contributed by atoms with Crippen molar-refractivity contribution in [2.45, 2.75) is 32.7 Å². The average molecular weight is 213 g/mol. The van der Waals surface area contributed by atoms with Gasteiger partial charge in [-0.25, -0.2) is 0 Å². The minimum atomic E-state index is 0.0688. The number of hydrogen-bond donors (Lipinski definition) is 2. The number of carbonyl (C=O) groups excluding carboxylic acids is 1. The van der Waals surface area contributed by atoms with Crippen molar-refractivity contribution in [2.24, 2.45) is 11.7 Å². The van der Waals surface area contributed by atoms with Gasteiger partial charge in [-0.2, -0.15) is 0 Å². The molecule has 1 amide bonds. The zero-order valence-electron chi connectivity index (χ0n) is 9.83. The summed E-state index contributed by atoms with van der Waals surface area (Å²) in [5, 5.41) is 2.89. The highest BCUT2D eigenvalue weighted by Gasteiger charge is 2.20. The van der Waals surface area contributed by atoms with Gasteiger partial charge in [0.05, 0.1) is 0 Å². The summed E-state index contributed by atoms with van der Waals surface area (Å²) < 4.78 is 0. The molecule has 0 bridgehead atoms. The Morgan fingerprint density at radius 2 is 2.40 bits per heavy atom. The molecule has 4 nitrogen and oxygen atoms in total. The van der Waals surface area contributed by atoms with E-state index in [4.69, 9.17) is 5.73 Å². The van der Waals surface area contributed by atoms with E-state index in [1.807, 2.05) is 6.92 Å². The minimum absolute atomic E-state index is 0.0688. The zero-order valence-corrected chi connectivity index (χ0v) is 9.83. The third kappa shape index (κ3) is 5.14. The van der Waals surface area contributed by atoms with Crippen LogP contribution in [0.1, 0.15) is 26.7 Å². The van der Waals surface area contributed by atoms with Crippen LogP contribution in [0.2, 0.25) is 0 Å². The van der Waals surface area contributed by atoms with Crippen LogP contribution in [-0.2, 0) is 4.79 Å². The molecule has 1 rings (SSSR count). The fourth-order valence-electron chi connectivity index (χ4n) is 2.18. The van der Waals surface area contributed by atoms with E-state index in [9.17, 15) is 4.79 Å². The first kappa shape index (κ1) is 12.5. The maximum atomic E-state index is 10.8. The minimum Gasteiger partial charge on any atom is -0.356 e.